The summed E-state index contributed by atoms with van der Waals surface area (Å²) in [6.45, 7) is 12.1. The third kappa shape index (κ3) is 6.43. The van der Waals surface area contributed by atoms with E-state index in [1.165, 1.54) is 37.5 Å². The molecule has 1 aliphatic carbocycles. The monoisotopic (exact) mass is 615 g/mol. The molecule has 0 unspecified atom stereocenters. The van der Waals surface area contributed by atoms with Crippen molar-refractivity contribution in [1.82, 2.24) is 9.80 Å². The number of carbonyl (C=O) groups excluding carboxylic acids is 1. The lowest BCUT2D eigenvalue weighted by molar-refractivity contribution is -0.142. The molecule has 2 aromatic carbocycles. The maximum absolute atomic E-state index is 14.9. The van der Waals surface area contributed by atoms with Gasteiger partial charge in [0.1, 0.15) is 18.5 Å². The molecule has 1 amide bonds. The van der Waals surface area contributed by atoms with Crippen molar-refractivity contribution in [3.63, 3.8) is 0 Å². The van der Waals surface area contributed by atoms with E-state index < -0.39 is 5.82 Å². The number of hydrogen-bond acceptors (Lipinski definition) is 6. The first-order chi connectivity index (χ1) is 20.3. The van der Waals surface area contributed by atoms with E-state index in [4.69, 9.17) is 32.7 Å². The van der Waals surface area contributed by atoms with Gasteiger partial charge in [-0.1, -0.05) is 36.2 Å². The Kier molecular flexibility index (Phi) is 9.70. The van der Waals surface area contributed by atoms with E-state index in [0.717, 1.165) is 26.1 Å². The number of piperidine rings is 3. The van der Waals surface area contributed by atoms with Crippen molar-refractivity contribution < 1.29 is 18.7 Å². The summed E-state index contributed by atoms with van der Waals surface area (Å²) in [6.07, 6.45) is 5.96. The number of benzene rings is 2. The molecule has 8 nitrogen and oxygen atoms in total. The first-order valence-electron chi connectivity index (χ1n) is 14.3. The fourth-order valence-electron chi connectivity index (χ4n) is 6.03. The molecule has 3 heterocycles. The molecule has 42 heavy (non-hydrogen) atoms. The van der Waals surface area contributed by atoms with Crippen LogP contribution in [0.4, 0.5) is 15.8 Å². The molecule has 11 heteroatoms. The molecule has 224 valence electrons. The maximum Gasteiger partial charge on any atom is 0.245 e. The molecule has 2 bridgehead atoms. The molecule has 4 fully saturated rings. The number of fused-ring (bicyclic) bond motifs is 2. The zero-order valence-electron chi connectivity index (χ0n) is 23.8. The standard InChI is InChI=1S/C31H36Cl2FN5O3/c1-4-27(40)39-17-19-14-20(18-39)30(19)42-26-15-21(31(36-3)37-23-9-8-22(32)28(33)29(23)34)24(35-2)16-25(26)41-13-12-38-10-6-5-7-11-38/h4,8-9,15-16,19-20,30H,1-2,5-7,10-14,17-18H2,3H3,(H,36,37)/t19-,20+,30+. The second-order valence-corrected chi connectivity index (χ2v) is 11.7. The highest BCUT2D eigenvalue weighted by atomic mass is 35.5. The minimum absolute atomic E-state index is 0.0574. The first kappa shape index (κ1) is 30.3. The van der Waals surface area contributed by atoms with E-state index in [1.54, 1.807) is 13.1 Å². The number of aliphatic imine (C=N–C) groups is 2. The number of ether oxygens (including phenoxy) is 2. The van der Waals surface area contributed by atoms with E-state index in [1.807, 2.05) is 11.0 Å². The third-order valence-corrected chi connectivity index (χ3v) is 9.09. The van der Waals surface area contributed by atoms with Crippen molar-refractivity contribution in [1.29, 1.82) is 0 Å². The van der Waals surface area contributed by atoms with Crippen molar-refractivity contribution in [3.05, 3.63) is 58.3 Å². The van der Waals surface area contributed by atoms with Gasteiger partial charge >= 0.3 is 0 Å². The van der Waals surface area contributed by atoms with Gasteiger partial charge in [-0.2, -0.15) is 0 Å². The van der Waals surface area contributed by atoms with Crippen LogP contribution in [0.15, 0.2) is 46.9 Å². The van der Waals surface area contributed by atoms with Crippen molar-refractivity contribution in [2.24, 2.45) is 21.8 Å². The van der Waals surface area contributed by atoms with Crippen LogP contribution in [0.2, 0.25) is 10.0 Å². The summed E-state index contributed by atoms with van der Waals surface area (Å²) in [7, 11) is 1.59. The number of hydrogen-bond donors (Lipinski definition) is 1. The van der Waals surface area contributed by atoms with Gasteiger partial charge in [0, 0.05) is 50.1 Å². The summed E-state index contributed by atoms with van der Waals surface area (Å²) in [5, 5.41) is 2.96. The quantitative estimate of drug-likeness (QED) is 0.148. The van der Waals surface area contributed by atoms with Gasteiger partial charge in [-0.25, -0.2) is 4.39 Å². The summed E-state index contributed by atoms with van der Waals surface area (Å²) in [6, 6.07) is 6.61. The van der Waals surface area contributed by atoms with Gasteiger partial charge in [-0.15, -0.1) is 0 Å². The molecule has 2 aromatic rings. The second kappa shape index (κ2) is 13.4. The Morgan fingerprint density at radius 3 is 2.57 bits per heavy atom. The SMILES string of the molecule is C=CC(=O)N1C[C@H]2C[C@@H](C1)[C@H]2Oc1cc(/C(=N\C)Nc2ccc(Cl)c(Cl)c2F)c(N=C)cc1OCCN1CCCCC1. The lowest BCUT2D eigenvalue weighted by Crippen LogP contribution is -2.61. The van der Waals surface area contributed by atoms with Crippen molar-refractivity contribution in [2.45, 2.75) is 31.8 Å². The molecule has 3 aliphatic heterocycles. The average molecular weight is 617 g/mol. The lowest BCUT2D eigenvalue weighted by atomic mass is 9.68. The average Bonchev–Trinajstić information content (AvgIpc) is 3.02. The van der Waals surface area contributed by atoms with E-state index in [-0.39, 0.29) is 39.6 Å². The lowest BCUT2D eigenvalue weighted by Gasteiger charge is -2.52. The smallest absolute Gasteiger partial charge is 0.245 e. The summed E-state index contributed by atoms with van der Waals surface area (Å²) >= 11 is 12.0. The van der Waals surface area contributed by atoms with Gasteiger partial charge in [0.2, 0.25) is 5.91 Å². The number of rotatable bonds is 10. The van der Waals surface area contributed by atoms with Crippen LogP contribution in [0.3, 0.4) is 0 Å². The maximum atomic E-state index is 14.9. The highest BCUT2D eigenvalue weighted by Gasteiger charge is 2.49. The summed E-state index contributed by atoms with van der Waals surface area (Å²) in [4.78, 5) is 25.0. The molecular formula is C31H36Cl2FN5O3. The molecule has 1 saturated carbocycles. The highest BCUT2D eigenvalue weighted by Crippen LogP contribution is 2.45. The fourth-order valence-corrected chi connectivity index (χ4v) is 6.34. The molecule has 0 spiro atoms. The van der Waals surface area contributed by atoms with Crippen LogP contribution in [0.1, 0.15) is 31.2 Å². The molecule has 0 radical (unpaired) electrons. The zero-order valence-corrected chi connectivity index (χ0v) is 25.3. The Balaban J connectivity index is 1.42. The molecule has 3 atom stereocenters. The number of nitrogens with zero attached hydrogens (tertiary/aromatic N) is 4. The predicted molar refractivity (Wildman–Crippen MR) is 167 cm³/mol. The van der Waals surface area contributed by atoms with Gasteiger partial charge in [-0.3, -0.25) is 19.7 Å². The number of amides is 1. The van der Waals surface area contributed by atoms with Gasteiger partial charge in [-0.05, 0) is 63.3 Å². The van der Waals surface area contributed by atoms with E-state index >= 15 is 0 Å². The minimum atomic E-state index is -0.687. The van der Waals surface area contributed by atoms with E-state index in [9.17, 15) is 9.18 Å². The Morgan fingerprint density at radius 1 is 1.17 bits per heavy atom. The Hall–Kier alpha value is -3.14. The van der Waals surface area contributed by atoms with Crippen LogP contribution in [0, 0.1) is 17.7 Å². The van der Waals surface area contributed by atoms with Gasteiger partial charge < -0.3 is 19.7 Å². The Morgan fingerprint density at radius 2 is 1.90 bits per heavy atom. The fraction of sp³-hybridized carbons (Fsp3) is 0.452. The summed E-state index contributed by atoms with van der Waals surface area (Å²) in [5.41, 5.74) is 1.18. The molecular weight excluding hydrogens is 580 g/mol. The third-order valence-electron chi connectivity index (χ3n) is 8.31. The summed E-state index contributed by atoms with van der Waals surface area (Å²) < 4.78 is 27.8. The number of nitrogens with one attached hydrogen (secondary N) is 1. The molecule has 6 rings (SSSR count). The van der Waals surface area contributed by atoms with Crippen LogP contribution >= 0.6 is 23.2 Å². The van der Waals surface area contributed by atoms with Crippen LogP contribution in [-0.4, -0.2) is 80.7 Å². The van der Waals surface area contributed by atoms with E-state index in [2.05, 4.69) is 33.5 Å². The van der Waals surface area contributed by atoms with Crippen molar-refractivity contribution >= 4 is 53.0 Å². The van der Waals surface area contributed by atoms with Crippen LogP contribution < -0.4 is 14.8 Å². The molecule has 4 aliphatic rings. The van der Waals surface area contributed by atoms with Crippen LogP contribution in [0.5, 0.6) is 11.5 Å². The predicted octanol–water partition coefficient (Wildman–Crippen LogP) is 6.23. The highest BCUT2D eigenvalue weighted by molar-refractivity contribution is 6.42. The number of amidine groups is 1. The normalized spacial score (nSPS) is 22.2. The summed E-state index contributed by atoms with van der Waals surface area (Å²) in [5.74, 6) is 1.10. The largest absolute Gasteiger partial charge is 0.488 e. The number of carbonyl (C=O) groups is 1. The van der Waals surface area contributed by atoms with Gasteiger partial charge in [0.15, 0.2) is 17.3 Å². The van der Waals surface area contributed by atoms with Crippen molar-refractivity contribution in [2.75, 3.05) is 51.7 Å². The number of likely N-dealkylation sites (tertiary alicyclic amines) is 1. The second-order valence-electron chi connectivity index (χ2n) is 10.9. The van der Waals surface area contributed by atoms with Crippen LogP contribution in [-0.2, 0) is 4.79 Å². The Bertz CT molecular complexity index is 1370. The topological polar surface area (TPSA) is 78.8 Å². The number of anilines is 1. The minimum Gasteiger partial charge on any atom is -0.488 e. The van der Waals surface area contributed by atoms with Crippen molar-refractivity contribution in [3.8, 4) is 11.5 Å². The molecule has 0 aromatic heterocycles. The Labute approximate surface area is 256 Å². The molecule has 3 saturated heterocycles. The van der Waals surface area contributed by atoms with Crippen LogP contribution in [0.25, 0.3) is 0 Å². The van der Waals surface area contributed by atoms with Gasteiger partial charge in [0.05, 0.1) is 21.4 Å². The van der Waals surface area contributed by atoms with Gasteiger partial charge in [0.25, 0.3) is 0 Å². The first-order valence-corrected chi connectivity index (χ1v) is 15.0. The van der Waals surface area contributed by atoms with E-state index in [0.29, 0.717) is 48.3 Å². The molecule has 1 N–H and O–H groups in total. The zero-order chi connectivity index (χ0) is 29.8. The number of halogens is 3.